The highest BCUT2D eigenvalue weighted by Gasteiger charge is 2.40. The van der Waals surface area contributed by atoms with Gasteiger partial charge in [0.15, 0.2) is 22.8 Å². The highest BCUT2D eigenvalue weighted by atomic mass is 127. The van der Waals surface area contributed by atoms with E-state index in [4.69, 9.17) is 71.0 Å². The van der Waals surface area contributed by atoms with E-state index in [1.54, 1.807) is 104 Å². The van der Waals surface area contributed by atoms with E-state index < -0.39 is 62.8 Å². The van der Waals surface area contributed by atoms with Crippen molar-refractivity contribution in [3.63, 3.8) is 0 Å². The number of ether oxygens (including phenoxy) is 3. The van der Waals surface area contributed by atoms with Gasteiger partial charge in [0, 0.05) is 121 Å². The maximum absolute atomic E-state index is 13.5. The molecule has 17 rings (SSSR count). The van der Waals surface area contributed by atoms with Crippen molar-refractivity contribution in [2.24, 2.45) is 0 Å². The molecule has 50 heteroatoms. The molecule has 11 N–H and O–H groups in total. The Kier molecular flexibility index (Phi) is 43.2. The van der Waals surface area contributed by atoms with Crippen LogP contribution < -0.4 is 31.6 Å². The average Bonchev–Trinajstić information content (AvgIpc) is 1.58. The Morgan fingerprint density at radius 2 is 0.919 bits per heavy atom. The number of nitrogens with two attached hydrogens (primary N) is 3. The number of aliphatic hydroxyl groups is 2. The minimum Gasteiger partial charge on any atom is -0.543 e. The van der Waals surface area contributed by atoms with Crippen molar-refractivity contribution in [3.05, 3.63) is 140 Å². The highest BCUT2D eigenvalue weighted by Crippen LogP contribution is 2.42. The molecule has 807 valence electrons. The molecule has 8 aromatic heterocycles. The topological polar surface area (TPSA) is 575 Å². The molecule has 12 aromatic rings. The van der Waals surface area contributed by atoms with Crippen molar-refractivity contribution in [1.29, 1.82) is 0 Å². The zero-order valence-electron chi connectivity index (χ0n) is 87.6. The predicted octanol–water partition coefficient (Wildman–Crippen LogP) is 14.2. The van der Waals surface area contributed by atoms with Crippen LogP contribution in [0, 0.1) is 28.2 Å². The molecule has 5 saturated heterocycles. The summed E-state index contributed by atoms with van der Waals surface area (Å²) >= 11 is 4.26. The molecular formula is C99H135BClI2N22O21S2Si. The third kappa shape index (κ3) is 34.9. The summed E-state index contributed by atoms with van der Waals surface area (Å²) in [5.41, 5.74) is 24.0. The van der Waals surface area contributed by atoms with E-state index in [9.17, 15) is 55.2 Å². The van der Waals surface area contributed by atoms with Gasteiger partial charge in [-0.2, -0.15) is 23.7 Å². The number of amides is 4. The van der Waals surface area contributed by atoms with Gasteiger partial charge < -0.3 is 80.6 Å². The molecule has 5 aliphatic rings. The number of anilines is 3. The fourth-order valence-electron chi connectivity index (χ4n) is 15.8. The second-order valence-electron chi connectivity index (χ2n) is 39.5. The molecule has 0 saturated carbocycles. The minimum absolute atomic E-state index is 0.0184. The molecular weight excluding hydrogens is 2230 g/mol. The monoisotopic (exact) mass is 2360 g/mol. The van der Waals surface area contributed by atoms with E-state index in [0.717, 1.165) is 153 Å². The van der Waals surface area contributed by atoms with Crippen LogP contribution in [-0.2, 0) is 66.3 Å². The Morgan fingerprint density at radius 3 is 1.36 bits per heavy atom. The van der Waals surface area contributed by atoms with Gasteiger partial charge in [0.05, 0.1) is 73.1 Å². The lowest BCUT2D eigenvalue weighted by atomic mass is 10.1. The summed E-state index contributed by atoms with van der Waals surface area (Å²) in [5.74, 6) is 1.36. The number of fused-ring (bicyclic) bond motifs is 5. The number of carbonyl (C=O) groups is 8. The Morgan fingerprint density at radius 1 is 0.503 bits per heavy atom. The number of likely N-dealkylation sites (tertiary alicyclic amines) is 4. The van der Waals surface area contributed by atoms with Crippen LogP contribution in [0.3, 0.4) is 0 Å². The van der Waals surface area contributed by atoms with Crippen LogP contribution in [0.2, 0.25) is 18.1 Å². The van der Waals surface area contributed by atoms with Gasteiger partial charge in [-0.1, -0.05) is 67.8 Å². The number of nitrogens with one attached hydrogen (secondary N) is 2. The Balaban J connectivity index is 0.000000196. The third-order valence-electron chi connectivity index (χ3n) is 24.6. The van der Waals surface area contributed by atoms with Crippen LogP contribution in [-0.4, -0.2) is 279 Å². The summed E-state index contributed by atoms with van der Waals surface area (Å²) < 4.78 is 85.9. The summed E-state index contributed by atoms with van der Waals surface area (Å²) in [6.07, 6.45) is 10.3. The van der Waals surface area contributed by atoms with E-state index in [0.29, 0.717) is 97.7 Å². The number of hydrogen-bond donors (Lipinski definition) is 8. The number of aromatic nitrogens is 14. The summed E-state index contributed by atoms with van der Waals surface area (Å²) in [6, 6.07) is 28.3. The fraction of sp³-hybridized carbons (Fsp3) is 0.485. The van der Waals surface area contributed by atoms with Crippen LogP contribution in [0.1, 0.15) is 197 Å². The van der Waals surface area contributed by atoms with Gasteiger partial charge in [0.2, 0.25) is 31.9 Å². The SMILES string of the molecule is CC(=O)N1CCC(O)CC1.CC(=O)N1CCC(OS(=O)(=O)c2ccc(C)cc2)CC1.CC(=O)N1CCC(n2nc(-c3cc4cc(C)ccc4n3C(=O)OC(C)(C)C)c3c(N)ncnc32)CC1.CC(=O)N1CCC(n2nc(I)c3c(N)ncnc32)CC1.CC(=O)OC(C)=O.CC(C)(C)OC(=O)n1c(O[B]O)cc2cc(O[Si](C)(C)C(C)(C)C)ccc21.Cc1ccc(S(=O)(=O)Cl)cc1.Nc1ncnc2n[nH]c(I)c12.OC1CCNCC1. The van der Waals surface area contributed by atoms with Crippen LogP contribution >= 0.6 is 55.9 Å². The van der Waals surface area contributed by atoms with Gasteiger partial charge in [0.1, 0.15) is 66.5 Å². The standard InChI is InChI=1S/C26H31N7O3.C19H29BNO5Si.C14H19NO4S.C12H15IN6O.C7H7ClO2S.C7H13NO2.C5H4IN5.C5H11NO.C4H6O3/c1-15-6-7-19-17(12-15)13-20(32(19)25(35)36-26(3,4)5)22-21-23(27)28-14-29-24(21)33(30-22)18-8-10-31(11-9-18)16(2)34;1-18(2,3)24-17(22)21-15-10-9-14(26-27(7,8)19(4,5)6)11-13(15)12-16(21)25-20-23;1-11-3-5-14(6-4-11)20(17,18)19-13-7-9-15(10-8-13)12(2)16;1-7(20)18-4-2-8(3-5-18)19-12-9(10(13)17-19)11(14)15-6-16-12;1-6-2-4-7(5-3-6)11(8,9)10;1-6(9)8-4-2-7(10)3-5-8;6-3-2-4(7)8-1-9-5(2)11-10-3;7-5-1-3-6-4-2-5;1-3(5)7-4(2)6/h6-7,12-14,18H,8-11H2,1-5H3,(H2,27,28,29);9-12,23H,1-8H3;3-6,13H,7-10H2,1-2H3;6,8H,2-5H2,1H3,(H2,14,15,16);2-5H,1H3;7,10H,2-5H2,1H3;1H,(H3,7,8,9,10,11);5-7H,1-4H2;1-2H3. The number of rotatable bonds is 11. The van der Waals surface area contributed by atoms with E-state index in [1.165, 1.54) is 56.5 Å². The maximum atomic E-state index is 13.5. The quantitative estimate of drug-likeness (QED) is 0.0113. The maximum Gasteiger partial charge on any atom is 0.570 e. The van der Waals surface area contributed by atoms with Crippen molar-refractivity contribution in [2.75, 3.05) is 82.6 Å². The zero-order chi connectivity index (χ0) is 110. The number of nitrogen functional groups attached to an aromatic ring is 3. The van der Waals surface area contributed by atoms with Crippen molar-refractivity contribution in [2.45, 2.75) is 258 Å². The molecule has 0 unspecified atom stereocenters. The van der Waals surface area contributed by atoms with E-state index in [2.05, 4.69) is 134 Å². The number of carbonyl (C=O) groups excluding carboxylic acids is 8. The predicted molar refractivity (Wildman–Crippen MR) is 586 cm³/mol. The van der Waals surface area contributed by atoms with Crippen LogP contribution in [0.25, 0.3) is 66.3 Å². The molecule has 5 aliphatic heterocycles. The van der Waals surface area contributed by atoms with Gasteiger partial charge in [-0.3, -0.25) is 38.0 Å². The molecule has 0 aliphatic carbocycles. The molecule has 0 bridgehead atoms. The normalized spacial score (nSPS) is 15.1. The Hall–Kier alpha value is -11.7. The largest absolute Gasteiger partial charge is 0.570 e. The number of H-pyrrole nitrogens is 1. The second kappa shape index (κ2) is 53.3. The van der Waals surface area contributed by atoms with Crippen molar-refractivity contribution < 1.29 is 97.9 Å². The first-order valence-corrected chi connectivity index (χ1v) is 57.1. The highest BCUT2D eigenvalue weighted by molar-refractivity contribution is 14.1. The number of halogens is 3. The first kappa shape index (κ1) is 121. The smallest absolute Gasteiger partial charge is 0.543 e. The van der Waals surface area contributed by atoms with Gasteiger partial charge in [0.25, 0.3) is 19.2 Å². The fourth-order valence-corrected chi connectivity index (χ4v) is 20.1. The molecule has 0 atom stereocenters. The molecule has 4 amide bonds. The third-order valence-corrected chi connectivity index (χ3v) is 33.2. The first-order chi connectivity index (χ1) is 69.7. The van der Waals surface area contributed by atoms with Gasteiger partial charge in [-0.25, -0.2) is 66.4 Å². The van der Waals surface area contributed by atoms with Crippen molar-refractivity contribution in [3.8, 4) is 23.0 Å². The number of aromatic amines is 1. The van der Waals surface area contributed by atoms with Gasteiger partial charge in [-0.05, 0) is 264 Å². The number of aliphatic hydroxyl groups excluding tert-OH is 2. The van der Waals surface area contributed by atoms with E-state index in [-0.39, 0.29) is 74.7 Å². The molecule has 1 radical (unpaired) electrons. The summed E-state index contributed by atoms with van der Waals surface area (Å²) in [4.78, 5) is 123. The molecule has 43 nitrogen and oxygen atoms in total. The zero-order valence-corrected chi connectivity index (χ0v) is 95.3. The number of piperidine rings is 5. The van der Waals surface area contributed by atoms with Crippen molar-refractivity contribution >= 4 is 211 Å². The molecule has 4 aromatic carbocycles. The molecule has 0 spiro atoms. The van der Waals surface area contributed by atoms with E-state index >= 15 is 0 Å². The number of aryl methyl sites for hydroxylation is 3. The van der Waals surface area contributed by atoms with Crippen molar-refractivity contribution in [1.82, 2.24) is 93.7 Å². The number of benzene rings is 4. The lowest BCUT2D eigenvalue weighted by Crippen LogP contribution is -2.43. The van der Waals surface area contributed by atoms with Crippen LogP contribution in [0.4, 0.5) is 27.0 Å². The van der Waals surface area contributed by atoms with E-state index in [1.807, 2.05) is 97.1 Å². The lowest BCUT2D eigenvalue weighted by molar-refractivity contribution is -0.156. The first-order valence-electron chi connectivity index (χ1n) is 48.3. The summed E-state index contributed by atoms with van der Waals surface area (Å²) in [7, 11) is -3.62. The summed E-state index contributed by atoms with van der Waals surface area (Å²) in [6.45, 7) is 43.5. The van der Waals surface area contributed by atoms with Gasteiger partial charge >= 0.3 is 31.8 Å². The van der Waals surface area contributed by atoms with Crippen LogP contribution in [0.5, 0.6) is 11.6 Å². The number of hydrogen-bond acceptors (Lipinski definition) is 34. The lowest BCUT2D eigenvalue weighted by Gasteiger charge is -2.36. The number of esters is 2. The van der Waals surface area contributed by atoms with Crippen LogP contribution in [0.15, 0.2) is 126 Å². The second-order valence-corrected chi connectivity index (χ2v) is 50.5. The summed E-state index contributed by atoms with van der Waals surface area (Å²) in [5, 5.41) is 50.3. The molecule has 149 heavy (non-hydrogen) atoms. The molecule has 13 heterocycles. The molecule has 5 fully saturated rings. The minimum atomic E-state index is -3.72. The Bertz CT molecular complexity index is 6890. The average molecular weight is 2360 g/mol. The Labute approximate surface area is 900 Å². The van der Waals surface area contributed by atoms with Gasteiger partial charge in [-0.15, -0.1) is 0 Å². The number of nitrogens with zero attached hydrogens (tertiary/aromatic N) is 17.